The molecule has 1 aliphatic heterocycles. The molecule has 1 unspecified atom stereocenters. The van der Waals surface area contributed by atoms with E-state index in [1.807, 2.05) is 18.8 Å². The minimum Gasteiger partial charge on any atom is -0.364 e. The number of nitrogens with zero attached hydrogens (tertiary/aromatic N) is 1. The zero-order valence-corrected chi connectivity index (χ0v) is 6.66. The monoisotopic (exact) mass is 144 g/mol. The Hall–Kier alpha value is -0.180. The first-order valence-electron chi connectivity index (χ1n) is 3.24. The maximum absolute atomic E-state index is 4.05. The van der Waals surface area contributed by atoms with Crippen molar-refractivity contribution in [1.82, 2.24) is 5.32 Å². The van der Waals surface area contributed by atoms with Crippen molar-refractivity contribution in [2.45, 2.75) is 18.6 Å². The average Bonchev–Trinajstić information content (AvgIpc) is 2.34. The van der Waals surface area contributed by atoms with Crippen LogP contribution in [0.5, 0.6) is 0 Å². The largest absolute Gasteiger partial charge is 0.364 e. The van der Waals surface area contributed by atoms with Gasteiger partial charge in [-0.3, -0.25) is 4.99 Å². The van der Waals surface area contributed by atoms with E-state index in [4.69, 9.17) is 0 Å². The van der Waals surface area contributed by atoms with Gasteiger partial charge >= 0.3 is 0 Å². The molecule has 0 radical (unpaired) electrons. The molecule has 0 saturated carbocycles. The van der Waals surface area contributed by atoms with E-state index in [0.29, 0.717) is 0 Å². The Morgan fingerprint density at radius 3 is 3.00 bits per heavy atom. The van der Waals surface area contributed by atoms with Gasteiger partial charge in [0, 0.05) is 18.8 Å². The molecule has 0 aromatic heterocycles. The summed E-state index contributed by atoms with van der Waals surface area (Å²) < 4.78 is 0. The molecule has 2 nitrogen and oxygen atoms in total. The lowest BCUT2D eigenvalue weighted by Crippen LogP contribution is -2.15. The second-order valence-electron chi connectivity index (χ2n) is 2.06. The molecule has 3 heteroatoms. The molecule has 1 N–H and O–H groups in total. The Morgan fingerprint density at radius 2 is 2.67 bits per heavy atom. The number of amidine groups is 1. The molecule has 1 rings (SSSR count). The van der Waals surface area contributed by atoms with Gasteiger partial charge in [-0.25, -0.2) is 0 Å². The fraction of sp³-hybridized carbons (Fsp3) is 0.833. The van der Waals surface area contributed by atoms with Crippen molar-refractivity contribution in [3.05, 3.63) is 0 Å². The molecule has 1 fully saturated rings. The molecule has 0 spiro atoms. The van der Waals surface area contributed by atoms with E-state index in [0.717, 1.165) is 17.0 Å². The van der Waals surface area contributed by atoms with E-state index in [1.165, 1.54) is 6.42 Å². The molecule has 1 aliphatic rings. The van der Waals surface area contributed by atoms with Gasteiger partial charge in [-0.1, -0.05) is 18.7 Å². The van der Waals surface area contributed by atoms with Gasteiger partial charge in [0.15, 0.2) is 5.17 Å². The molecule has 1 heterocycles. The number of hydrogen-bond acceptors (Lipinski definition) is 2. The third-order valence-electron chi connectivity index (χ3n) is 1.42. The third kappa shape index (κ3) is 1.61. The van der Waals surface area contributed by atoms with Crippen molar-refractivity contribution >= 4 is 16.9 Å². The molecule has 0 bridgehead atoms. The summed E-state index contributed by atoms with van der Waals surface area (Å²) in [6.45, 7) is 3.30. The van der Waals surface area contributed by atoms with Crippen LogP contribution in [-0.2, 0) is 0 Å². The van der Waals surface area contributed by atoms with Crippen LogP contribution in [0, 0.1) is 0 Å². The Kier molecular flexibility index (Phi) is 2.39. The second-order valence-corrected chi connectivity index (χ2v) is 3.35. The quantitative estimate of drug-likeness (QED) is 0.595. The van der Waals surface area contributed by atoms with Gasteiger partial charge < -0.3 is 5.32 Å². The first kappa shape index (κ1) is 6.93. The summed E-state index contributed by atoms with van der Waals surface area (Å²) in [5, 5.41) is 5.07. The average molecular weight is 144 g/mol. The molecular weight excluding hydrogens is 132 g/mol. The van der Waals surface area contributed by atoms with Crippen LogP contribution in [0.4, 0.5) is 0 Å². The number of hydrogen-bond donors (Lipinski definition) is 1. The number of thioether (sulfide) groups is 1. The highest BCUT2D eigenvalue weighted by atomic mass is 32.2. The van der Waals surface area contributed by atoms with E-state index in [2.05, 4.69) is 17.2 Å². The summed E-state index contributed by atoms with van der Waals surface area (Å²) in [7, 11) is 1.83. The fourth-order valence-electron chi connectivity index (χ4n) is 0.802. The van der Waals surface area contributed by atoms with E-state index >= 15 is 0 Å². The number of aliphatic imine (C=N–C) groups is 1. The molecule has 0 aromatic carbocycles. The van der Waals surface area contributed by atoms with Crippen molar-refractivity contribution < 1.29 is 0 Å². The van der Waals surface area contributed by atoms with Crippen LogP contribution in [0.15, 0.2) is 4.99 Å². The Labute approximate surface area is 60.1 Å². The van der Waals surface area contributed by atoms with Crippen LogP contribution >= 0.6 is 11.8 Å². The molecular formula is C6H12N2S. The smallest absolute Gasteiger partial charge is 0.156 e. The van der Waals surface area contributed by atoms with E-state index in [9.17, 15) is 0 Å². The van der Waals surface area contributed by atoms with Gasteiger partial charge in [-0.05, 0) is 6.42 Å². The third-order valence-corrected chi connectivity index (χ3v) is 2.80. The van der Waals surface area contributed by atoms with Crippen molar-refractivity contribution in [3.63, 3.8) is 0 Å². The number of rotatable bonds is 1. The van der Waals surface area contributed by atoms with E-state index < -0.39 is 0 Å². The predicted octanol–water partition coefficient (Wildman–Crippen LogP) is 1.09. The van der Waals surface area contributed by atoms with Crippen LogP contribution < -0.4 is 5.32 Å². The Balaban J connectivity index is 2.38. The van der Waals surface area contributed by atoms with Crippen LogP contribution in [-0.4, -0.2) is 24.0 Å². The fourth-order valence-corrected chi connectivity index (χ4v) is 1.72. The van der Waals surface area contributed by atoms with Gasteiger partial charge in [0.25, 0.3) is 0 Å². The Morgan fingerprint density at radius 1 is 1.89 bits per heavy atom. The van der Waals surface area contributed by atoms with Crippen LogP contribution in [0.25, 0.3) is 0 Å². The SMILES string of the molecule is CCC1CNC(=NC)S1. The summed E-state index contributed by atoms with van der Waals surface area (Å²) >= 11 is 1.85. The summed E-state index contributed by atoms with van der Waals surface area (Å²) in [5.41, 5.74) is 0. The molecule has 1 saturated heterocycles. The van der Waals surface area contributed by atoms with Gasteiger partial charge in [0.2, 0.25) is 0 Å². The van der Waals surface area contributed by atoms with Crippen molar-refractivity contribution in [3.8, 4) is 0 Å². The maximum atomic E-state index is 4.05. The summed E-state index contributed by atoms with van der Waals surface area (Å²) in [5.74, 6) is 0. The summed E-state index contributed by atoms with van der Waals surface area (Å²) in [6, 6.07) is 0. The van der Waals surface area contributed by atoms with Crippen molar-refractivity contribution in [1.29, 1.82) is 0 Å². The lowest BCUT2D eigenvalue weighted by atomic mass is 10.3. The Bertz CT molecular complexity index is 122. The van der Waals surface area contributed by atoms with E-state index in [1.54, 1.807) is 0 Å². The highest BCUT2D eigenvalue weighted by Crippen LogP contribution is 2.19. The molecule has 0 amide bonds. The lowest BCUT2D eigenvalue weighted by Gasteiger charge is -1.97. The summed E-state index contributed by atoms with van der Waals surface area (Å²) in [6.07, 6.45) is 1.23. The predicted molar refractivity (Wildman–Crippen MR) is 43.0 cm³/mol. The first-order valence-corrected chi connectivity index (χ1v) is 4.12. The van der Waals surface area contributed by atoms with Crippen LogP contribution in [0.1, 0.15) is 13.3 Å². The first-order chi connectivity index (χ1) is 4.36. The van der Waals surface area contributed by atoms with Gasteiger partial charge in [-0.2, -0.15) is 0 Å². The lowest BCUT2D eigenvalue weighted by molar-refractivity contribution is 0.798. The van der Waals surface area contributed by atoms with Crippen LogP contribution in [0.2, 0.25) is 0 Å². The maximum Gasteiger partial charge on any atom is 0.156 e. The highest BCUT2D eigenvalue weighted by Gasteiger charge is 2.17. The number of nitrogens with one attached hydrogen (secondary N) is 1. The van der Waals surface area contributed by atoms with Gasteiger partial charge in [-0.15, -0.1) is 0 Å². The zero-order valence-electron chi connectivity index (χ0n) is 5.85. The molecule has 1 atom stereocenters. The second kappa shape index (κ2) is 3.11. The normalized spacial score (nSPS) is 30.9. The standard InChI is InChI=1S/C6H12N2S/c1-3-5-4-8-6(7-2)9-5/h5H,3-4H2,1-2H3,(H,7,8). The minimum atomic E-state index is 0.753. The van der Waals surface area contributed by atoms with Crippen molar-refractivity contribution in [2.75, 3.05) is 13.6 Å². The zero-order chi connectivity index (χ0) is 6.69. The van der Waals surface area contributed by atoms with Gasteiger partial charge in [0.1, 0.15) is 0 Å². The molecule has 0 aliphatic carbocycles. The molecule has 52 valence electrons. The molecule has 9 heavy (non-hydrogen) atoms. The van der Waals surface area contributed by atoms with E-state index in [-0.39, 0.29) is 0 Å². The van der Waals surface area contributed by atoms with Crippen LogP contribution in [0.3, 0.4) is 0 Å². The summed E-state index contributed by atoms with van der Waals surface area (Å²) in [4.78, 5) is 4.05. The van der Waals surface area contributed by atoms with Gasteiger partial charge in [0.05, 0.1) is 0 Å². The minimum absolute atomic E-state index is 0.753. The van der Waals surface area contributed by atoms with Crippen molar-refractivity contribution in [2.24, 2.45) is 4.99 Å². The molecule has 0 aromatic rings. The topological polar surface area (TPSA) is 24.4 Å². The highest BCUT2D eigenvalue weighted by molar-refractivity contribution is 8.14.